The minimum atomic E-state index is -3.54. The van der Waals surface area contributed by atoms with Gasteiger partial charge in [0.2, 0.25) is 10.0 Å². The van der Waals surface area contributed by atoms with E-state index in [9.17, 15) is 8.42 Å². The summed E-state index contributed by atoms with van der Waals surface area (Å²) < 4.78 is 33.9. The Morgan fingerprint density at radius 2 is 1.68 bits per heavy atom. The van der Waals surface area contributed by atoms with E-state index < -0.39 is 10.0 Å². The van der Waals surface area contributed by atoms with E-state index in [-0.39, 0.29) is 4.90 Å². The third kappa shape index (κ3) is 3.53. The molecule has 1 fully saturated rings. The highest BCUT2D eigenvalue weighted by atomic mass is 32.2. The van der Waals surface area contributed by atoms with Gasteiger partial charge in [0.25, 0.3) is 0 Å². The van der Waals surface area contributed by atoms with Crippen LogP contribution in [0.5, 0.6) is 5.75 Å². The molecule has 2 aromatic heterocycles. The Balaban J connectivity index is 1.46. The summed E-state index contributed by atoms with van der Waals surface area (Å²) in [6.07, 6.45) is 4.46. The molecule has 0 N–H and O–H groups in total. The van der Waals surface area contributed by atoms with E-state index in [2.05, 4.69) is 20.1 Å². The van der Waals surface area contributed by atoms with Crippen molar-refractivity contribution in [2.45, 2.75) is 4.90 Å². The molecule has 4 rings (SSSR count). The van der Waals surface area contributed by atoms with Crippen LogP contribution >= 0.6 is 0 Å². The lowest BCUT2D eigenvalue weighted by atomic mass is 10.3. The number of benzene rings is 1. The van der Waals surface area contributed by atoms with Crippen LogP contribution in [0.15, 0.2) is 54.2 Å². The average molecular weight is 401 g/mol. The maximum Gasteiger partial charge on any atom is 0.243 e. The summed E-state index contributed by atoms with van der Waals surface area (Å²) in [4.78, 5) is 14.7. The van der Waals surface area contributed by atoms with Crippen LogP contribution in [0.1, 0.15) is 0 Å². The molecule has 0 saturated carbocycles. The highest BCUT2D eigenvalue weighted by Gasteiger charge is 2.29. The van der Waals surface area contributed by atoms with E-state index in [4.69, 9.17) is 4.74 Å². The van der Waals surface area contributed by atoms with Crippen molar-refractivity contribution in [3.8, 4) is 11.6 Å². The molecule has 28 heavy (non-hydrogen) atoms. The number of aromatic nitrogens is 5. The zero-order valence-electron chi connectivity index (χ0n) is 15.2. The summed E-state index contributed by atoms with van der Waals surface area (Å²) in [5.74, 6) is 1.95. The number of hydrogen-bond donors (Lipinski definition) is 0. The summed E-state index contributed by atoms with van der Waals surface area (Å²) in [5, 5.41) is 4.06. The first-order chi connectivity index (χ1) is 13.6. The molecule has 1 saturated heterocycles. The molecule has 146 valence electrons. The predicted octanol–water partition coefficient (Wildman–Crippen LogP) is 0.577. The molecule has 1 aromatic carbocycles. The minimum Gasteiger partial charge on any atom is -0.497 e. The van der Waals surface area contributed by atoms with Crippen molar-refractivity contribution in [1.29, 1.82) is 0 Å². The molecule has 10 nitrogen and oxygen atoms in total. The second-order valence-corrected chi connectivity index (χ2v) is 8.08. The van der Waals surface area contributed by atoms with E-state index in [0.29, 0.717) is 37.7 Å². The molecule has 0 spiro atoms. The summed E-state index contributed by atoms with van der Waals surface area (Å²) >= 11 is 0. The van der Waals surface area contributed by atoms with E-state index in [1.165, 1.54) is 17.0 Å². The maximum atomic E-state index is 12.9. The fourth-order valence-corrected chi connectivity index (χ4v) is 4.44. The van der Waals surface area contributed by atoms with Crippen molar-refractivity contribution < 1.29 is 13.2 Å². The van der Waals surface area contributed by atoms with Crippen LogP contribution in [-0.4, -0.2) is 70.7 Å². The minimum absolute atomic E-state index is 0.261. The number of methoxy groups -OCH3 is 1. The number of sulfonamides is 1. The van der Waals surface area contributed by atoms with Crippen molar-refractivity contribution in [3.63, 3.8) is 0 Å². The van der Waals surface area contributed by atoms with Gasteiger partial charge in [0.1, 0.15) is 30.5 Å². The van der Waals surface area contributed by atoms with Crippen molar-refractivity contribution in [3.05, 3.63) is 49.3 Å². The van der Waals surface area contributed by atoms with Gasteiger partial charge >= 0.3 is 0 Å². The van der Waals surface area contributed by atoms with E-state index in [1.807, 2.05) is 11.0 Å². The molecular weight excluding hydrogens is 382 g/mol. The van der Waals surface area contributed by atoms with Gasteiger partial charge in [-0.05, 0) is 24.3 Å². The molecule has 3 aromatic rings. The van der Waals surface area contributed by atoms with Gasteiger partial charge < -0.3 is 9.64 Å². The number of rotatable bonds is 5. The fourth-order valence-electron chi connectivity index (χ4n) is 3.02. The summed E-state index contributed by atoms with van der Waals surface area (Å²) in [6, 6.07) is 8.23. The summed E-state index contributed by atoms with van der Waals surface area (Å²) in [6.45, 7) is 1.81. The monoisotopic (exact) mass is 401 g/mol. The highest BCUT2D eigenvalue weighted by molar-refractivity contribution is 7.89. The molecule has 1 aliphatic heterocycles. The van der Waals surface area contributed by atoms with Crippen LogP contribution in [-0.2, 0) is 10.0 Å². The van der Waals surface area contributed by atoms with Crippen molar-refractivity contribution in [2.75, 3.05) is 38.2 Å². The number of anilines is 1. The zero-order valence-corrected chi connectivity index (χ0v) is 16.0. The Hall–Kier alpha value is -3.05. The molecule has 1 aliphatic rings. The van der Waals surface area contributed by atoms with Crippen LogP contribution in [0.3, 0.4) is 0 Å². The molecule has 0 radical (unpaired) electrons. The Bertz CT molecular complexity index is 1030. The van der Waals surface area contributed by atoms with Gasteiger partial charge in [0.05, 0.1) is 12.0 Å². The maximum absolute atomic E-state index is 12.9. The topological polar surface area (TPSA) is 106 Å². The highest BCUT2D eigenvalue weighted by Crippen LogP contribution is 2.22. The van der Waals surface area contributed by atoms with Crippen molar-refractivity contribution >= 4 is 15.8 Å². The van der Waals surface area contributed by atoms with Gasteiger partial charge in [-0.3, -0.25) is 0 Å². The van der Waals surface area contributed by atoms with Gasteiger partial charge in [-0.1, -0.05) is 0 Å². The quantitative estimate of drug-likeness (QED) is 0.611. The normalized spacial score (nSPS) is 15.5. The Kier molecular flexibility index (Phi) is 4.92. The molecular formula is C17H19N7O3S. The predicted molar refractivity (Wildman–Crippen MR) is 101 cm³/mol. The standard InChI is InChI=1S/C17H19N7O3S/c1-27-14-2-4-15(5-3-14)28(25,26)23-8-6-22(7-9-23)16-10-17(20-12-19-16)24-13-18-11-21-24/h2-5,10-13H,6-9H2,1H3. The van der Waals surface area contributed by atoms with Gasteiger partial charge in [0.15, 0.2) is 5.82 Å². The van der Waals surface area contributed by atoms with Crippen molar-refractivity contribution in [1.82, 2.24) is 29.0 Å². The Morgan fingerprint density at radius 3 is 2.32 bits per heavy atom. The molecule has 0 bridgehead atoms. The fraction of sp³-hybridized carbons (Fsp3) is 0.294. The lowest BCUT2D eigenvalue weighted by molar-refractivity contribution is 0.383. The van der Waals surface area contributed by atoms with Gasteiger partial charge in [-0.2, -0.15) is 9.40 Å². The largest absolute Gasteiger partial charge is 0.497 e. The Morgan fingerprint density at radius 1 is 0.964 bits per heavy atom. The second-order valence-electron chi connectivity index (χ2n) is 6.14. The lowest BCUT2D eigenvalue weighted by Gasteiger charge is -2.34. The average Bonchev–Trinajstić information content (AvgIpc) is 3.29. The lowest BCUT2D eigenvalue weighted by Crippen LogP contribution is -2.48. The van der Waals surface area contributed by atoms with E-state index >= 15 is 0 Å². The van der Waals surface area contributed by atoms with E-state index in [0.717, 1.165) is 5.82 Å². The Labute approximate surface area is 162 Å². The van der Waals surface area contributed by atoms with Crippen LogP contribution < -0.4 is 9.64 Å². The third-order valence-electron chi connectivity index (χ3n) is 4.55. The smallest absolute Gasteiger partial charge is 0.243 e. The zero-order chi connectivity index (χ0) is 19.6. The van der Waals surface area contributed by atoms with Crippen LogP contribution in [0.2, 0.25) is 0 Å². The third-order valence-corrected chi connectivity index (χ3v) is 6.46. The molecule has 11 heteroatoms. The number of ether oxygens (including phenoxy) is 1. The second kappa shape index (κ2) is 7.52. The first-order valence-electron chi connectivity index (χ1n) is 8.64. The van der Waals surface area contributed by atoms with Crippen LogP contribution in [0.4, 0.5) is 5.82 Å². The van der Waals surface area contributed by atoms with Gasteiger partial charge in [-0.15, -0.1) is 0 Å². The number of hydrogen-bond acceptors (Lipinski definition) is 8. The first-order valence-corrected chi connectivity index (χ1v) is 10.1. The molecule has 3 heterocycles. The number of piperazine rings is 1. The summed E-state index contributed by atoms with van der Waals surface area (Å²) in [5.41, 5.74) is 0. The molecule has 0 amide bonds. The van der Waals surface area contributed by atoms with E-state index in [1.54, 1.807) is 42.4 Å². The van der Waals surface area contributed by atoms with Gasteiger partial charge in [-0.25, -0.2) is 28.1 Å². The summed E-state index contributed by atoms with van der Waals surface area (Å²) in [7, 11) is -1.99. The first kappa shape index (κ1) is 18.3. The molecule has 0 unspecified atom stereocenters. The molecule has 0 aliphatic carbocycles. The number of nitrogens with zero attached hydrogens (tertiary/aromatic N) is 7. The van der Waals surface area contributed by atoms with Crippen LogP contribution in [0, 0.1) is 0 Å². The van der Waals surface area contributed by atoms with Crippen LogP contribution in [0.25, 0.3) is 5.82 Å². The van der Waals surface area contributed by atoms with Crippen molar-refractivity contribution in [2.24, 2.45) is 0 Å². The molecule has 0 atom stereocenters. The van der Waals surface area contributed by atoms with Gasteiger partial charge in [0, 0.05) is 32.2 Å². The SMILES string of the molecule is COc1ccc(S(=O)(=O)N2CCN(c3cc(-n4cncn4)ncn3)CC2)cc1.